The zero-order chi connectivity index (χ0) is 18.1. The SMILES string of the molecule is CCOCC(=O)N[C@H](Cc1ccc(-c2ccccc2)cc1)C(=O)OC. The van der Waals surface area contributed by atoms with Crippen molar-refractivity contribution in [1.82, 2.24) is 5.32 Å². The molecule has 0 saturated carbocycles. The highest BCUT2D eigenvalue weighted by Crippen LogP contribution is 2.19. The van der Waals surface area contributed by atoms with Crippen molar-refractivity contribution in [3.63, 3.8) is 0 Å². The minimum Gasteiger partial charge on any atom is -0.467 e. The first-order chi connectivity index (χ1) is 12.1. The lowest BCUT2D eigenvalue weighted by atomic mass is 10.0. The van der Waals surface area contributed by atoms with E-state index in [2.05, 4.69) is 5.32 Å². The van der Waals surface area contributed by atoms with Crippen LogP contribution in [0.1, 0.15) is 12.5 Å². The highest BCUT2D eigenvalue weighted by atomic mass is 16.5. The van der Waals surface area contributed by atoms with Crippen LogP contribution < -0.4 is 5.32 Å². The van der Waals surface area contributed by atoms with E-state index in [0.717, 1.165) is 16.7 Å². The second-order valence-corrected chi connectivity index (χ2v) is 5.55. The van der Waals surface area contributed by atoms with E-state index in [0.29, 0.717) is 13.0 Å². The highest BCUT2D eigenvalue weighted by molar-refractivity contribution is 5.85. The maximum atomic E-state index is 11.9. The van der Waals surface area contributed by atoms with Gasteiger partial charge in [-0.15, -0.1) is 0 Å². The molecule has 0 radical (unpaired) electrons. The molecule has 0 fully saturated rings. The van der Waals surface area contributed by atoms with Crippen LogP contribution in [0.2, 0.25) is 0 Å². The third-order valence-electron chi connectivity index (χ3n) is 3.76. The maximum absolute atomic E-state index is 11.9. The van der Waals surface area contributed by atoms with Crippen LogP contribution in [-0.4, -0.2) is 38.2 Å². The average Bonchev–Trinajstić information content (AvgIpc) is 2.66. The minimum absolute atomic E-state index is 0.0725. The third-order valence-corrected chi connectivity index (χ3v) is 3.76. The van der Waals surface area contributed by atoms with Crippen LogP contribution in [0, 0.1) is 0 Å². The van der Waals surface area contributed by atoms with Crippen LogP contribution >= 0.6 is 0 Å². The number of hydrogen-bond acceptors (Lipinski definition) is 4. The molecule has 2 aromatic carbocycles. The first kappa shape index (κ1) is 18.7. The monoisotopic (exact) mass is 341 g/mol. The van der Waals surface area contributed by atoms with Crippen LogP contribution in [0.4, 0.5) is 0 Å². The van der Waals surface area contributed by atoms with Gasteiger partial charge in [-0.25, -0.2) is 4.79 Å². The van der Waals surface area contributed by atoms with Crippen molar-refractivity contribution in [2.45, 2.75) is 19.4 Å². The largest absolute Gasteiger partial charge is 0.467 e. The number of methoxy groups -OCH3 is 1. The number of carbonyl (C=O) groups is 2. The standard InChI is InChI=1S/C20H23NO4/c1-3-25-14-19(22)21-18(20(23)24-2)13-15-9-11-17(12-10-15)16-7-5-4-6-8-16/h4-12,18H,3,13-14H2,1-2H3,(H,21,22)/t18-/m1/s1. The van der Waals surface area contributed by atoms with Gasteiger partial charge in [0, 0.05) is 13.0 Å². The Hall–Kier alpha value is -2.66. The lowest BCUT2D eigenvalue weighted by Gasteiger charge is -2.17. The molecule has 0 bridgehead atoms. The highest BCUT2D eigenvalue weighted by Gasteiger charge is 2.21. The van der Waals surface area contributed by atoms with Crippen LogP contribution in [-0.2, 0) is 25.5 Å². The van der Waals surface area contributed by atoms with Crippen molar-refractivity contribution < 1.29 is 19.1 Å². The summed E-state index contributed by atoms with van der Waals surface area (Å²) in [6.45, 7) is 2.17. The van der Waals surface area contributed by atoms with Gasteiger partial charge in [0.1, 0.15) is 12.6 Å². The zero-order valence-corrected chi connectivity index (χ0v) is 14.5. The van der Waals surface area contributed by atoms with Gasteiger partial charge >= 0.3 is 5.97 Å². The molecule has 1 atom stereocenters. The van der Waals surface area contributed by atoms with E-state index in [-0.39, 0.29) is 12.5 Å². The van der Waals surface area contributed by atoms with Gasteiger partial charge in [-0.2, -0.15) is 0 Å². The number of benzene rings is 2. The topological polar surface area (TPSA) is 64.6 Å². The molecule has 0 aromatic heterocycles. The second kappa shape index (κ2) is 9.59. The summed E-state index contributed by atoms with van der Waals surface area (Å²) in [6, 6.07) is 17.2. The van der Waals surface area contributed by atoms with Crippen LogP contribution in [0.25, 0.3) is 11.1 Å². The summed E-state index contributed by atoms with van der Waals surface area (Å²) < 4.78 is 9.85. The first-order valence-electron chi connectivity index (χ1n) is 8.23. The minimum atomic E-state index is -0.736. The van der Waals surface area contributed by atoms with E-state index in [1.54, 1.807) is 6.92 Å². The molecule has 25 heavy (non-hydrogen) atoms. The van der Waals surface area contributed by atoms with Gasteiger partial charge in [-0.1, -0.05) is 54.6 Å². The lowest BCUT2D eigenvalue weighted by molar-refractivity contribution is -0.145. The summed E-state index contributed by atoms with van der Waals surface area (Å²) in [5.41, 5.74) is 3.16. The number of hydrogen-bond donors (Lipinski definition) is 1. The smallest absolute Gasteiger partial charge is 0.328 e. The zero-order valence-electron chi connectivity index (χ0n) is 14.5. The van der Waals surface area contributed by atoms with Crippen molar-refractivity contribution in [2.24, 2.45) is 0 Å². The molecule has 0 aliphatic rings. The van der Waals surface area contributed by atoms with E-state index in [4.69, 9.17) is 9.47 Å². The predicted octanol–water partition coefficient (Wildman–Crippen LogP) is 2.59. The van der Waals surface area contributed by atoms with Crippen LogP contribution in [0.5, 0.6) is 0 Å². The van der Waals surface area contributed by atoms with Gasteiger partial charge in [0.05, 0.1) is 7.11 Å². The predicted molar refractivity (Wildman–Crippen MR) is 96.0 cm³/mol. The van der Waals surface area contributed by atoms with Crippen molar-refractivity contribution in [1.29, 1.82) is 0 Å². The van der Waals surface area contributed by atoms with Gasteiger partial charge in [0.15, 0.2) is 0 Å². The van der Waals surface area contributed by atoms with Gasteiger partial charge in [-0.3, -0.25) is 4.79 Å². The Morgan fingerprint density at radius 1 is 1.00 bits per heavy atom. The summed E-state index contributed by atoms with van der Waals surface area (Å²) in [6.07, 6.45) is 0.361. The molecule has 0 saturated heterocycles. The number of rotatable bonds is 8. The first-order valence-corrected chi connectivity index (χ1v) is 8.23. The van der Waals surface area contributed by atoms with Gasteiger partial charge in [-0.05, 0) is 23.6 Å². The molecular formula is C20H23NO4. The summed E-state index contributed by atoms with van der Waals surface area (Å²) >= 11 is 0. The Morgan fingerprint density at radius 2 is 1.64 bits per heavy atom. The van der Waals surface area contributed by atoms with Gasteiger partial charge in [0.2, 0.25) is 5.91 Å². The summed E-state index contributed by atoms with van der Waals surface area (Å²) in [7, 11) is 1.31. The molecule has 1 N–H and O–H groups in total. The summed E-state index contributed by atoms with van der Waals surface area (Å²) in [5.74, 6) is -0.810. The van der Waals surface area contributed by atoms with E-state index >= 15 is 0 Å². The molecule has 132 valence electrons. The molecule has 5 heteroatoms. The number of esters is 1. The fourth-order valence-electron chi connectivity index (χ4n) is 2.47. The molecule has 5 nitrogen and oxygen atoms in total. The van der Waals surface area contributed by atoms with E-state index in [1.165, 1.54) is 7.11 Å². The van der Waals surface area contributed by atoms with Crippen molar-refractivity contribution in [3.8, 4) is 11.1 Å². The average molecular weight is 341 g/mol. The number of carbonyl (C=O) groups excluding carboxylic acids is 2. The molecule has 1 amide bonds. The van der Waals surface area contributed by atoms with Crippen LogP contribution in [0.3, 0.4) is 0 Å². The molecule has 0 aliphatic heterocycles. The molecule has 0 heterocycles. The number of ether oxygens (including phenoxy) is 2. The normalized spacial score (nSPS) is 11.6. The fourth-order valence-corrected chi connectivity index (χ4v) is 2.47. The van der Waals surface area contributed by atoms with Crippen LogP contribution in [0.15, 0.2) is 54.6 Å². The van der Waals surface area contributed by atoms with Crippen molar-refractivity contribution >= 4 is 11.9 Å². The van der Waals surface area contributed by atoms with Crippen molar-refractivity contribution in [3.05, 3.63) is 60.2 Å². The molecular weight excluding hydrogens is 318 g/mol. The number of nitrogens with one attached hydrogen (secondary N) is 1. The third kappa shape index (κ3) is 5.72. The quantitative estimate of drug-likeness (QED) is 0.750. The lowest BCUT2D eigenvalue weighted by Crippen LogP contribution is -2.44. The Morgan fingerprint density at radius 3 is 2.24 bits per heavy atom. The molecule has 0 unspecified atom stereocenters. The van der Waals surface area contributed by atoms with E-state index in [9.17, 15) is 9.59 Å². The summed E-state index contributed by atoms with van der Waals surface area (Å²) in [5, 5.41) is 2.66. The fraction of sp³-hybridized carbons (Fsp3) is 0.300. The molecule has 0 spiro atoms. The Balaban J connectivity index is 2.05. The molecule has 2 rings (SSSR count). The van der Waals surface area contributed by atoms with Gasteiger partial charge < -0.3 is 14.8 Å². The van der Waals surface area contributed by atoms with E-state index < -0.39 is 12.0 Å². The van der Waals surface area contributed by atoms with Crippen molar-refractivity contribution in [2.75, 3.05) is 20.3 Å². The van der Waals surface area contributed by atoms with E-state index in [1.807, 2.05) is 54.6 Å². The van der Waals surface area contributed by atoms with Gasteiger partial charge in [0.25, 0.3) is 0 Å². The number of amides is 1. The molecule has 2 aromatic rings. The Kier molecular flexibility index (Phi) is 7.16. The second-order valence-electron chi connectivity index (χ2n) is 5.55. The maximum Gasteiger partial charge on any atom is 0.328 e. The Bertz CT molecular complexity index is 683. The Labute approximate surface area is 148 Å². The summed E-state index contributed by atoms with van der Waals surface area (Å²) in [4.78, 5) is 23.8. The molecule has 0 aliphatic carbocycles.